The van der Waals surface area contributed by atoms with Gasteiger partial charge >= 0.3 is 0 Å². The molecule has 1 aromatic carbocycles. The average Bonchev–Trinajstić information content (AvgIpc) is 2.39. The molecule has 0 unspecified atom stereocenters. The van der Waals surface area contributed by atoms with Crippen molar-refractivity contribution in [2.45, 2.75) is 6.92 Å². The lowest BCUT2D eigenvalue weighted by Crippen LogP contribution is -1.93. The number of aryl methyl sites for hydroxylation is 1. The number of benzene rings is 1. The Labute approximate surface area is 105 Å². The molecule has 88 valence electrons. The van der Waals surface area contributed by atoms with Gasteiger partial charge in [0.2, 0.25) is 0 Å². The fraction of sp³-hybridized carbons (Fsp3) is 0.0667. The maximum Gasteiger partial charge on any atom is 0.0745 e. The summed E-state index contributed by atoms with van der Waals surface area (Å²) >= 11 is 0. The molecular formula is C15H13N3. The molecule has 0 aliphatic rings. The van der Waals surface area contributed by atoms with E-state index in [1.807, 2.05) is 55.6 Å². The first-order chi connectivity index (χ1) is 8.74. The largest absolute Gasteiger partial charge is 0.398 e. The highest BCUT2D eigenvalue weighted by Gasteiger charge is 2.05. The van der Waals surface area contributed by atoms with Crippen LogP contribution in [-0.4, -0.2) is 9.97 Å². The first-order valence-corrected chi connectivity index (χ1v) is 5.82. The molecular weight excluding hydrogens is 222 g/mol. The predicted molar refractivity (Wildman–Crippen MR) is 74.1 cm³/mol. The van der Waals surface area contributed by atoms with Crippen LogP contribution < -0.4 is 5.73 Å². The van der Waals surface area contributed by atoms with E-state index in [2.05, 4.69) is 9.97 Å². The third-order valence-corrected chi connectivity index (χ3v) is 2.96. The van der Waals surface area contributed by atoms with E-state index >= 15 is 0 Å². The minimum absolute atomic E-state index is 0.746. The van der Waals surface area contributed by atoms with Crippen molar-refractivity contribution in [3.8, 4) is 11.3 Å². The number of nitrogens with two attached hydrogens (primary N) is 1. The number of hydrogen-bond donors (Lipinski definition) is 1. The molecule has 0 aliphatic carbocycles. The zero-order valence-corrected chi connectivity index (χ0v) is 10.1. The maximum atomic E-state index is 6.06. The van der Waals surface area contributed by atoms with Crippen LogP contribution in [0.15, 0.2) is 48.7 Å². The third-order valence-electron chi connectivity index (χ3n) is 2.96. The molecule has 0 radical (unpaired) electrons. The summed E-state index contributed by atoms with van der Waals surface area (Å²) in [6, 6.07) is 13.8. The molecule has 0 amide bonds. The number of pyridine rings is 2. The lowest BCUT2D eigenvalue weighted by Gasteiger charge is -2.06. The second-order valence-corrected chi connectivity index (χ2v) is 4.30. The van der Waals surface area contributed by atoms with Crippen molar-refractivity contribution in [2.24, 2.45) is 0 Å². The van der Waals surface area contributed by atoms with Crippen LogP contribution in [0.4, 0.5) is 5.69 Å². The molecule has 3 rings (SSSR count). The summed E-state index contributed by atoms with van der Waals surface area (Å²) in [5.74, 6) is 0. The zero-order chi connectivity index (χ0) is 12.5. The van der Waals surface area contributed by atoms with Crippen molar-refractivity contribution in [1.82, 2.24) is 9.97 Å². The Hall–Kier alpha value is -2.42. The number of rotatable bonds is 1. The average molecular weight is 235 g/mol. The van der Waals surface area contributed by atoms with E-state index in [0.29, 0.717) is 0 Å². The van der Waals surface area contributed by atoms with E-state index in [-0.39, 0.29) is 0 Å². The van der Waals surface area contributed by atoms with Crippen molar-refractivity contribution in [1.29, 1.82) is 0 Å². The van der Waals surface area contributed by atoms with E-state index in [1.165, 1.54) is 0 Å². The highest BCUT2D eigenvalue weighted by atomic mass is 14.7. The molecule has 0 saturated carbocycles. The number of hydrogen-bond acceptors (Lipinski definition) is 3. The quantitative estimate of drug-likeness (QED) is 0.704. The molecule has 2 heterocycles. The van der Waals surface area contributed by atoms with Gasteiger partial charge < -0.3 is 5.73 Å². The minimum atomic E-state index is 0.746. The lowest BCUT2D eigenvalue weighted by atomic mass is 10.1. The summed E-state index contributed by atoms with van der Waals surface area (Å²) < 4.78 is 0. The summed E-state index contributed by atoms with van der Waals surface area (Å²) in [5.41, 5.74) is 10.6. The van der Waals surface area contributed by atoms with E-state index in [9.17, 15) is 0 Å². The van der Waals surface area contributed by atoms with Crippen LogP contribution in [0.1, 0.15) is 5.69 Å². The van der Waals surface area contributed by atoms with Gasteiger partial charge in [-0.15, -0.1) is 0 Å². The van der Waals surface area contributed by atoms with Crippen molar-refractivity contribution >= 4 is 16.6 Å². The topological polar surface area (TPSA) is 51.8 Å². The smallest absolute Gasteiger partial charge is 0.0745 e. The Morgan fingerprint density at radius 1 is 1.06 bits per heavy atom. The number of para-hydroxylation sites is 1. The lowest BCUT2D eigenvalue weighted by molar-refractivity contribution is 1.20. The predicted octanol–water partition coefficient (Wildman–Crippen LogP) is 3.19. The fourth-order valence-electron chi connectivity index (χ4n) is 1.97. The van der Waals surface area contributed by atoms with Crippen molar-refractivity contribution < 1.29 is 0 Å². The van der Waals surface area contributed by atoms with Gasteiger partial charge in [0.1, 0.15) is 0 Å². The molecule has 0 spiro atoms. The number of nitrogens with zero attached hydrogens (tertiary/aromatic N) is 2. The Morgan fingerprint density at radius 2 is 1.89 bits per heavy atom. The molecule has 2 aromatic heterocycles. The SMILES string of the molecule is Cc1ccc(-c2cc(N)c3ccccc3n2)cn1. The number of aromatic nitrogens is 2. The molecule has 18 heavy (non-hydrogen) atoms. The first-order valence-electron chi connectivity index (χ1n) is 5.82. The maximum absolute atomic E-state index is 6.06. The Morgan fingerprint density at radius 3 is 2.67 bits per heavy atom. The Bertz CT molecular complexity index is 703. The van der Waals surface area contributed by atoms with E-state index < -0.39 is 0 Å². The molecule has 2 N–H and O–H groups in total. The highest BCUT2D eigenvalue weighted by molar-refractivity contribution is 5.92. The van der Waals surface area contributed by atoms with Crippen LogP contribution in [0.3, 0.4) is 0 Å². The molecule has 0 atom stereocenters. The van der Waals surface area contributed by atoms with Gasteiger partial charge in [0, 0.05) is 28.5 Å². The summed E-state index contributed by atoms with van der Waals surface area (Å²) in [6.07, 6.45) is 1.83. The van der Waals surface area contributed by atoms with Crippen molar-refractivity contribution in [3.05, 3.63) is 54.4 Å². The van der Waals surface area contributed by atoms with Gasteiger partial charge in [-0.3, -0.25) is 4.98 Å². The van der Waals surface area contributed by atoms with Crippen molar-refractivity contribution in [3.63, 3.8) is 0 Å². The molecule has 0 fully saturated rings. The van der Waals surface area contributed by atoms with E-state index in [4.69, 9.17) is 5.73 Å². The van der Waals surface area contributed by atoms with E-state index in [1.54, 1.807) is 0 Å². The molecule has 3 nitrogen and oxygen atoms in total. The van der Waals surface area contributed by atoms with Gasteiger partial charge in [0.15, 0.2) is 0 Å². The fourth-order valence-corrected chi connectivity index (χ4v) is 1.97. The van der Waals surface area contributed by atoms with Crippen LogP contribution in [0.25, 0.3) is 22.2 Å². The van der Waals surface area contributed by atoms with Gasteiger partial charge in [-0.05, 0) is 31.2 Å². The molecule has 3 aromatic rings. The van der Waals surface area contributed by atoms with Crippen molar-refractivity contribution in [2.75, 3.05) is 5.73 Å². The summed E-state index contributed by atoms with van der Waals surface area (Å²) in [5, 5.41) is 0.987. The van der Waals surface area contributed by atoms with E-state index in [0.717, 1.165) is 33.5 Å². The Kier molecular flexibility index (Phi) is 2.45. The van der Waals surface area contributed by atoms with Gasteiger partial charge in [-0.25, -0.2) is 4.98 Å². The van der Waals surface area contributed by atoms with Crippen LogP contribution in [0, 0.1) is 6.92 Å². The van der Waals surface area contributed by atoms with Crippen LogP contribution in [-0.2, 0) is 0 Å². The highest BCUT2D eigenvalue weighted by Crippen LogP contribution is 2.25. The van der Waals surface area contributed by atoms with Gasteiger partial charge in [-0.2, -0.15) is 0 Å². The first kappa shape index (κ1) is 10.7. The second-order valence-electron chi connectivity index (χ2n) is 4.30. The molecule has 0 saturated heterocycles. The Balaban J connectivity index is 2.21. The van der Waals surface area contributed by atoms with Crippen LogP contribution in [0.2, 0.25) is 0 Å². The zero-order valence-electron chi connectivity index (χ0n) is 10.1. The molecule has 0 bridgehead atoms. The number of anilines is 1. The van der Waals surface area contributed by atoms with Gasteiger partial charge in [0.05, 0.1) is 11.2 Å². The standard InChI is InChI=1S/C15H13N3/c1-10-6-7-11(9-17-10)15-8-13(16)12-4-2-3-5-14(12)18-15/h2-9H,1H3,(H2,16,18). The van der Waals surface area contributed by atoms with Gasteiger partial charge in [-0.1, -0.05) is 18.2 Å². The number of fused-ring (bicyclic) bond motifs is 1. The molecule has 3 heteroatoms. The third kappa shape index (κ3) is 1.80. The summed E-state index contributed by atoms with van der Waals surface area (Å²) in [7, 11) is 0. The van der Waals surface area contributed by atoms with Gasteiger partial charge in [0.25, 0.3) is 0 Å². The molecule has 0 aliphatic heterocycles. The second kappa shape index (κ2) is 4.11. The summed E-state index contributed by atoms with van der Waals surface area (Å²) in [4.78, 5) is 8.90. The normalized spacial score (nSPS) is 10.7. The summed E-state index contributed by atoms with van der Waals surface area (Å²) in [6.45, 7) is 1.96. The monoisotopic (exact) mass is 235 g/mol. The minimum Gasteiger partial charge on any atom is -0.398 e. The number of nitrogen functional groups attached to an aromatic ring is 1. The van der Waals surface area contributed by atoms with Crippen LogP contribution >= 0.6 is 0 Å². The van der Waals surface area contributed by atoms with Crippen LogP contribution in [0.5, 0.6) is 0 Å².